The van der Waals surface area contributed by atoms with Crippen molar-refractivity contribution in [1.82, 2.24) is 0 Å². The van der Waals surface area contributed by atoms with Gasteiger partial charge in [0.1, 0.15) is 0 Å². The molecule has 1 nitrogen and oxygen atoms in total. The third kappa shape index (κ3) is 0.703. The van der Waals surface area contributed by atoms with Gasteiger partial charge in [0.05, 0.1) is 5.60 Å². The molecular formula is C10H18O. The van der Waals surface area contributed by atoms with Crippen LogP contribution in [0.3, 0.4) is 0 Å². The molecule has 0 amide bonds. The lowest BCUT2D eigenvalue weighted by molar-refractivity contribution is -0.0904. The number of hydrogen-bond acceptors (Lipinski definition) is 1. The summed E-state index contributed by atoms with van der Waals surface area (Å²) < 4.78 is 0. The molecule has 64 valence electrons. The smallest absolute Gasteiger partial charge is 0.0701 e. The molecule has 0 spiro atoms. The Kier molecular flexibility index (Phi) is 1.26. The van der Waals surface area contributed by atoms with Crippen molar-refractivity contribution in [3.05, 3.63) is 0 Å². The number of aliphatic hydroxyl groups is 1. The van der Waals surface area contributed by atoms with E-state index in [1.807, 2.05) is 6.92 Å². The van der Waals surface area contributed by atoms with Crippen LogP contribution in [0.15, 0.2) is 0 Å². The molecule has 2 saturated carbocycles. The van der Waals surface area contributed by atoms with Crippen LogP contribution >= 0.6 is 0 Å². The SMILES string of the molecule is CC1(C)[C@@H]2CC[C@@H](C2)[C@@]1(C)O. The molecule has 1 N–H and O–H groups in total. The van der Waals surface area contributed by atoms with Crippen LogP contribution in [0.4, 0.5) is 0 Å². The summed E-state index contributed by atoms with van der Waals surface area (Å²) >= 11 is 0. The normalized spacial score (nSPS) is 53.5. The van der Waals surface area contributed by atoms with Crippen LogP contribution in [0.2, 0.25) is 0 Å². The van der Waals surface area contributed by atoms with Crippen molar-refractivity contribution in [3.8, 4) is 0 Å². The van der Waals surface area contributed by atoms with E-state index >= 15 is 0 Å². The van der Waals surface area contributed by atoms with E-state index in [0.29, 0.717) is 5.92 Å². The van der Waals surface area contributed by atoms with Crippen LogP contribution < -0.4 is 0 Å². The van der Waals surface area contributed by atoms with E-state index in [-0.39, 0.29) is 5.41 Å². The molecule has 2 bridgehead atoms. The maximum atomic E-state index is 10.2. The Labute approximate surface area is 68.8 Å². The standard InChI is InChI=1S/C10H18O/c1-9(2)7-4-5-8(6-7)10(9,3)11/h7-8,11H,4-6H2,1-3H3/t7-,8+,10-/m1/s1. The first-order valence-corrected chi connectivity index (χ1v) is 4.68. The molecule has 0 heterocycles. The van der Waals surface area contributed by atoms with E-state index in [1.54, 1.807) is 0 Å². The highest BCUT2D eigenvalue weighted by molar-refractivity contribution is 5.09. The van der Waals surface area contributed by atoms with Gasteiger partial charge in [0.15, 0.2) is 0 Å². The third-order valence-corrected chi connectivity index (χ3v) is 4.55. The zero-order valence-corrected chi connectivity index (χ0v) is 7.72. The molecule has 3 atom stereocenters. The fraction of sp³-hybridized carbons (Fsp3) is 1.00. The van der Waals surface area contributed by atoms with Crippen LogP contribution in [0, 0.1) is 17.3 Å². The number of rotatable bonds is 0. The van der Waals surface area contributed by atoms with Crippen molar-refractivity contribution >= 4 is 0 Å². The highest BCUT2D eigenvalue weighted by atomic mass is 16.3. The van der Waals surface area contributed by atoms with Crippen molar-refractivity contribution in [2.75, 3.05) is 0 Å². The van der Waals surface area contributed by atoms with Crippen molar-refractivity contribution in [1.29, 1.82) is 0 Å². The lowest BCUT2D eigenvalue weighted by Crippen LogP contribution is -2.46. The summed E-state index contributed by atoms with van der Waals surface area (Å²) in [5.74, 6) is 1.37. The van der Waals surface area contributed by atoms with Crippen LogP contribution in [0.1, 0.15) is 40.0 Å². The van der Waals surface area contributed by atoms with E-state index in [9.17, 15) is 5.11 Å². The first kappa shape index (κ1) is 7.60. The fourth-order valence-corrected chi connectivity index (χ4v) is 3.09. The van der Waals surface area contributed by atoms with Gasteiger partial charge in [-0.05, 0) is 43.4 Å². The van der Waals surface area contributed by atoms with Crippen molar-refractivity contribution in [3.63, 3.8) is 0 Å². The Morgan fingerprint density at radius 2 is 1.64 bits per heavy atom. The average Bonchev–Trinajstić information content (AvgIpc) is 2.37. The first-order chi connectivity index (χ1) is 4.96. The summed E-state index contributed by atoms with van der Waals surface area (Å²) in [6.45, 7) is 6.46. The quantitative estimate of drug-likeness (QED) is 0.567. The van der Waals surface area contributed by atoms with Gasteiger partial charge in [0.25, 0.3) is 0 Å². The van der Waals surface area contributed by atoms with Crippen LogP contribution in [-0.2, 0) is 0 Å². The molecule has 2 fully saturated rings. The monoisotopic (exact) mass is 154 g/mol. The van der Waals surface area contributed by atoms with Crippen molar-refractivity contribution < 1.29 is 5.11 Å². The Bertz CT molecular complexity index is 161. The van der Waals surface area contributed by atoms with Gasteiger partial charge in [0, 0.05) is 0 Å². The van der Waals surface area contributed by atoms with E-state index in [1.165, 1.54) is 19.3 Å². The molecule has 0 aromatic rings. The van der Waals surface area contributed by atoms with Crippen molar-refractivity contribution in [2.24, 2.45) is 17.3 Å². The molecule has 0 aromatic carbocycles. The zero-order valence-electron chi connectivity index (χ0n) is 7.72. The van der Waals surface area contributed by atoms with E-state index in [4.69, 9.17) is 0 Å². The first-order valence-electron chi connectivity index (χ1n) is 4.68. The van der Waals surface area contributed by atoms with Gasteiger partial charge >= 0.3 is 0 Å². The second kappa shape index (κ2) is 1.82. The molecule has 0 aromatic heterocycles. The summed E-state index contributed by atoms with van der Waals surface area (Å²) in [7, 11) is 0. The summed E-state index contributed by atoms with van der Waals surface area (Å²) in [6.07, 6.45) is 3.86. The second-order valence-electron chi connectivity index (χ2n) is 5.08. The van der Waals surface area contributed by atoms with Gasteiger partial charge in [-0.25, -0.2) is 0 Å². The van der Waals surface area contributed by atoms with E-state index in [0.717, 1.165) is 5.92 Å². The largest absolute Gasteiger partial charge is 0.389 e. The van der Waals surface area contributed by atoms with Crippen LogP contribution in [-0.4, -0.2) is 10.7 Å². The molecule has 2 aliphatic rings. The Morgan fingerprint density at radius 3 is 1.91 bits per heavy atom. The Balaban J connectivity index is 2.36. The maximum absolute atomic E-state index is 10.2. The summed E-state index contributed by atoms with van der Waals surface area (Å²) in [4.78, 5) is 0. The van der Waals surface area contributed by atoms with Gasteiger partial charge in [-0.15, -0.1) is 0 Å². The van der Waals surface area contributed by atoms with Gasteiger partial charge in [-0.2, -0.15) is 0 Å². The third-order valence-electron chi connectivity index (χ3n) is 4.55. The summed E-state index contributed by atoms with van der Waals surface area (Å²) in [6, 6.07) is 0. The molecule has 2 rings (SSSR count). The molecule has 1 heteroatoms. The molecule has 2 aliphatic carbocycles. The summed E-state index contributed by atoms with van der Waals surface area (Å²) in [5, 5.41) is 10.2. The minimum absolute atomic E-state index is 0.163. The van der Waals surface area contributed by atoms with Crippen LogP contribution in [0.25, 0.3) is 0 Å². The minimum Gasteiger partial charge on any atom is -0.389 e. The second-order valence-corrected chi connectivity index (χ2v) is 5.08. The van der Waals surface area contributed by atoms with Gasteiger partial charge in [-0.1, -0.05) is 13.8 Å². The predicted molar refractivity (Wildman–Crippen MR) is 45.2 cm³/mol. The average molecular weight is 154 g/mol. The van der Waals surface area contributed by atoms with Crippen molar-refractivity contribution in [2.45, 2.75) is 45.6 Å². The maximum Gasteiger partial charge on any atom is 0.0701 e. The molecule has 0 unspecified atom stereocenters. The molecule has 11 heavy (non-hydrogen) atoms. The van der Waals surface area contributed by atoms with Crippen LogP contribution in [0.5, 0.6) is 0 Å². The number of fused-ring (bicyclic) bond motifs is 2. The minimum atomic E-state index is -0.393. The molecular weight excluding hydrogens is 136 g/mol. The van der Waals surface area contributed by atoms with E-state index in [2.05, 4.69) is 13.8 Å². The van der Waals surface area contributed by atoms with Gasteiger partial charge < -0.3 is 5.11 Å². The molecule has 0 aliphatic heterocycles. The molecule has 0 saturated heterocycles. The predicted octanol–water partition coefficient (Wildman–Crippen LogP) is 2.19. The lowest BCUT2D eigenvalue weighted by Gasteiger charge is -2.43. The van der Waals surface area contributed by atoms with Gasteiger partial charge in [0.2, 0.25) is 0 Å². The molecule has 0 radical (unpaired) electrons. The Morgan fingerprint density at radius 1 is 1.09 bits per heavy atom. The fourth-order valence-electron chi connectivity index (χ4n) is 3.09. The van der Waals surface area contributed by atoms with E-state index < -0.39 is 5.60 Å². The highest BCUT2D eigenvalue weighted by Crippen LogP contribution is 2.61. The Hall–Kier alpha value is -0.0400. The van der Waals surface area contributed by atoms with Gasteiger partial charge in [-0.3, -0.25) is 0 Å². The highest BCUT2D eigenvalue weighted by Gasteiger charge is 2.59. The summed E-state index contributed by atoms with van der Waals surface area (Å²) in [5.41, 5.74) is -0.230. The number of hydrogen-bond donors (Lipinski definition) is 1. The lowest BCUT2D eigenvalue weighted by atomic mass is 9.66. The zero-order chi connectivity index (χ0) is 8.28. The topological polar surface area (TPSA) is 20.2 Å².